The molecule has 0 amide bonds. The minimum absolute atomic E-state index is 0.264. The number of benzene rings is 1. The van der Waals surface area contributed by atoms with Crippen molar-refractivity contribution in [3.63, 3.8) is 0 Å². The van der Waals surface area contributed by atoms with Gasteiger partial charge in [-0.25, -0.2) is 13.1 Å². The lowest BCUT2D eigenvalue weighted by Gasteiger charge is -2.14. The van der Waals surface area contributed by atoms with E-state index in [1.807, 2.05) is 0 Å². The van der Waals surface area contributed by atoms with Crippen LogP contribution in [0.4, 0.5) is 0 Å². The van der Waals surface area contributed by atoms with Gasteiger partial charge in [0.15, 0.2) is 0 Å². The molecule has 0 heterocycles. The van der Waals surface area contributed by atoms with Crippen LogP contribution in [-0.2, 0) is 10.0 Å². The maximum Gasteiger partial charge on any atom is 0.240 e. The number of rotatable bonds is 10. The first-order chi connectivity index (χ1) is 10.0. The van der Waals surface area contributed by atoms with E-state index >= 15 is 0 Å². The van der Waals surface area contributed by atoms with Crippen molar-refractivity contribution in [1.82, 2.24) is 4.72 Å². The Morgan fingerprint density at radius 2 is 1.81 bits per heavy atom. The highest BCUT2D eigenvalue weighted by Gasteiger charge is 2.15. The van der Waals surface area contributed by atoms with Crippen molar-refractivity contribution in [3.05, 3.63) is 24.3 Å². The summed E-state index contributed by atoms with van der Waals surface area (Å²) in [5, 5.41) is 0. The number of hydrogen-bond acceptors (Lipinski definition) is 4. The molecule has 21 heavy (non-hydrogen) atoms. The van der Waals surface area contributed by atoms with Crippen molar-refractivity contribution in [3.8, 4) is 5.75 Å². The lowest BCUT2D eigenvalue weighted by Crippen LogP contribution is -2.29. The summed E-state index contributed by atoms with van der Waals surface area (Å²) in [5.41, 5.74) is 5.39. The van der Waals surface area contributed by atoms with E-state index in [-0.39, 0.29) is 4.90 Å². The van der Waals surface area contributed by atoms with Gasteiger partial charge in [-0.1, -0.05) is 26.7 Å². The fourth-order valence-electron chi connectivity index (χ4n) is 1.88. The first kappa shape index (κ1) is 17.9. The van der Waals surface area contributed by atoms with E-state index in [0.717, 1.165) is 19.3 Å². The summed E-state index contributed by atoms with van der Waals surface area (Å²) in [5.74, 6) is 1.03. The summed E-state index contributed by atoms with van der Waals surface area (Å²) >= 11 is 0. The average Bonchev–Trinajstić information content (AvgIpc) is 2.49. The van der Waals surface area contributed by atoms with E-state index in [4.69, 9.17) is 10.5 Å². The van der Waals surface area contributed by atoms with Crippen LogP contribution in [0.25, 0.3) is 0 Å². The Morgan fingerprint density at radius 3 is 2.33 bits per heavy atom. The second-order valence-corrected chi connectivity index (χ2v) is 6.76. The molecule has 1 aromatic rings. The summed E-state index contributed by atoms with van der Waals surface area (Å²) in [4.78, 5) is 0.264. The van der Waals surface area contributed by atoms with E-state index in [0.29, 0.717) is 31.4 Å². The third-order valence-corrected chi connectivity index (χ3v) is 4.91. The van der Waals surface area contributed by atoms with Gasteiger partial charge in [-0.2, -0.15) is 0 Å². The first-order valence-corrected chi connectivity index (χ1v) is 8.94. The maximum absolute atomic E-state index is 12.2. The van der Waals surface area contributed by atoms with Crippen molar-refractivity contribution in [1.29, 1.82) is 0 Å². The number of hydrogen-bond donors (Lipinski definition) is 2. The molecule has 120 valence electrons. The highest BCUT2D eigenvalue weighted by atomic mass is 32.2. The zero-order valence-electron chi connectivity index (χ0n) is 12.8. The minimum atomic E-state index is -3.44. The predicted octanol–water partition coefficient (Wildman–Crippen LogP) is 2.13. The second kappa shape index (κ2) is 9.02. The van der Waals surface area contributed by atoms with Gasteiger partial charge in [0.05, 0.1) is 11.5 Å². The zero-order valence-corrected chi connectivity index (χ0v) is 13.7. The average molecular weight is 314 g/mol. The highest BCUT2D eigenvalue weighted by Crippen LogP contribution is 2.16. The van der Waals surface area contributed by atoms with Gasteiger partial charge >= 0.3 is 0 Å². The lowest BCUT2D eigenvalue weighted by molar-refractivity contribution is 0.313. The minimum Gasteiger partial charge on any atom is -0.494 e. The molecule has 0 aromatic heterocycles. The van der Waals surface area contributed by atoms with Crippen molar-refractivity contribution >= 4 is 10.0 Å². The molecule has 0 aliphatic heterocycles. The van der Waals surface area contributed by atoms with Gasteiger partial charge in [-0.3, -0.25) is 0 Å². The van der Waals surface area contributed by atoms with Crippen molar-refractivity contribution < 1.29 is 13.2 Å². The molecule has 0 fully saturated rings. The number of sulfonamides is 1. The Bertz CT molecular complexity index is 496. The molecule has 5 nitrogen and oxygen atoms in total. The molecule has 0 spiro atoms. The Labute approximate surface area is 127 Å². The number of ether oxygens (including phenoxy) is 1. The molecule has 0 saturated carbocycles. The van der Waals surface area contributed by atoms with Crippen LogP contribution < -0.4 is 15.2 Å². The summed E-state index contributed by atoms with van der Waals surface area (Å²) in [6.07, 6.45) is 2.71. The van der Waals surface area contributed by atoms with Crippen LogP contribution in [0.3, 0.4) is 0 Å². The van der Waals surface area contributed by atoms with E-state index in [1.54, 1.807) is 24.3 Å². The predicted molar refractivity (Wildman–Crippen MR) is 84.9 cm³/mol. The number of nitrogens with two attached hydrogens (primary N) is 1. The molecule has 6 heteroatoms. The summed E-state index contributed by atoms with van der Waals surface area (Å²) in [6, 6.07) is 6.46. The van der Waals surface area contributed by atoms with E-state index in [1.165, 1.54) is 0 Å². The molecule has 1 rings (SSSR count). The molecule has 0 atom stereocenters. The van der Waals surface area contributed by atoms with Crippen molar-refractivity contribution in [2.75, 3.05) is 19.7 Å². The Morgan fingerprint density at radius 1 is 1.19 bits per heavy atom. The summed E-state index contributed by atoms with van der Waals surface area (Å²) in [7, 11) is -3.44. The zero-order chi connectivity index (χ0) is 15.7. The molecule has 3 N–H and O–H groups in total. The number of nitrogens with one attached hydrogen (secondary N) is 1. The summed E-state index contributed by atoms with van der Waals surface area (Å²) < 4.78 is 32.5. The molecule has 0 unspecified atom stereocenters. The molecular weight excluding hydrogens is 288 g/mol. The lowest BCUT2D eigenvalue weighted by atomic mass is 10.0. The molecule has 0 aliphatic rings. The SMILES string of the molecule is CCC(CC)CNS(=O)(=O)c1ccc(OCCCN)cc1. The van der Waals surface area contributed by atoms with E-state index in [9.17, 15) is 8.42 Å². The van der Waals surface area contributed by atoms with Gasteiger partial charge in [0.2, 0.25) is 10.0 Å². The maximum atomic E-state index is 12.2. The van der Waals surface area contributed by atoms with Gasteiger partial charge in [0, 0.05) is 6.54 Å². The van der Waals surface area contributed by atoms with Crippen LogP contribution in [0.5, 0.6) is 5.75 Å². The van der Waals surface area contributed by atoms with E-state index < -0.39 is 10.0 Å². The van der Waals surface area contributed by atoms with Gasteiger partial charge < -0.3 is 10.5 Å². The van der Waals surface area contributed by atoms with Crippen LogP contribution in [0.15, 0.2) is 29.2 Å². The monoisotopic (exact) mass is 314 g/mol. The third kappa shape index (κ3) is 6.03. The topological polar surface area (TPSA) is 81.4 Å². The second-order valence-electron chi connectivity index (χ2n) is 5.00. The van der Waals surface area contributed by atoms with Crippen molar-refractivity contribution in [2.45, 2.75) is 38.0 Å². The van der Waals surface area contributed by atoms with Crippen LogP contribution in [0, 0.1) is 5.92 Å². The molecule has 0 bridgehead atoms. The largest absolute Gasteiger partial charge is 0.494 e. The van der Waals surface area contributed by atoms with Crippen LogP contribution in [0.2, 0.25) is 0 Å². The quantitative estimate of drug-likeness (QED) is 0.648. The van der Waals surface area contributed by atoms with Gasteiger partial charge in [-0.15, -0.1) is 0 Å². The Balaban J connectivity index is 2.62. The molecule has 0 aliphatic carbocycles. The smallest absolute Gasteiger partial charge is 0.240 e. The summed E-state index contributed by atoms with van der Waals surface area (Å²) in [6.45, 7) is 5.72. The Kier molecular flexibility index (Phi) is 7.71. The standard InChI is InChI=1S/C15H26N2O3S/c1-3-13(4-2)12-17-21(18,19)15-8-6-14(7-9-15)20-11-5-10-16/h6-9,13,17H,3-5,10-12,16H2,1-2H3. The fourth-order valence-corrected chi connectivity index (χ4v) is 2.99. The van der Waals surface area contributed by atoms with Gasteiger partial charge in [0.25, 0.3) is 0 Å². The van der Waals surface area contributed by atoms with Crippen LogP contribution in [0.1, 0.15) is 33.1 Å². The Hall–Kier alpha value is -1.11. The molecule has 1 aromatic carbocycles. The van der Waals surface area contributed by atoms with Gasteiger partial charge in [-0.05, 0) is 43.1 Å². The van der Waals surface area contributed by atoms with Crippen LogP contribution >= 0.6 is 0 Å². The fraction of sp³-hybridized carbons (Fsp3) is 0.600. The third-order valence-electron chi connectivity index (χ3n) is 3.47. The normalized spacial score (nSPS) is 11.8. The highest BCUT2D eigenvalue weighted by molar-refractivity contribution is 7.89. The molecule has 0 radical (unpaired) electrons. The van der Waals surface area contributed by atoms with Crippen LogP contribution in [-0.4, -0.2) is 28.1 Å². The molecular formula is C15H26N2O3S. The van der Waals surface area contributed by atoms with E-state index in [2.05, 4.69) is 18.6 Å². The molecule has 0 saturated heterocycles. The van der Waals surface area contributed by atoms with Gasteiger partial charge in [0.1, 0.15) is 5.75 Å². The van der Waals surface area contributed by atoms with Crippen molar-refractivity contribution in [2.24, 2.45) is 11.7 Å². The first-order valence-electron chi connectivity index (χ1n) is 7.46.